The molecule has 0 bridgehead atoms. The number of fused-ring (bicyclic) bond motifs is 1. The summed E-state index contributed by atoms with van der Waals surface area (Å²) < 4.78 is 43.3. The Morgan fingerprint density at radius 1 is 1.06 bits per heavy atom. The lowest BCUT2D eigenvalue weighted by molar-refractivity contribution is -0.191. The molecule has 192 valence electrons. The number of hydrogen-bond donors (Lipinski definition) is 0. The van der Waals surface area contributed by atoms with Crippen molar-refractivity contribution >= 4 is 16.7 Å². The lowest BCUT2D eigenvalue weighted by Crippen LogP contribution is -2.54. The Kier molecular flexibility index (Phi) is 6.35. The van der Waals surface area contributed by atoms with E-state index < -0.39 is 12.1 Å². The maximum atomic E-state index is 15.0. The number of piperidine rings is 1. The van der Waals surface area contributed by atoms with Gasteiger partial charge in [0.15, 0.2) is 12.1 Å². The molecule has 6 rings (SSSR count). The first-order valence-electron chi connectivity index (χ1n) is 12.8. The molecular weight excluding hydrogens is 466 g/mol. The van der Waals surface area contributed by atoms with Crippen LogP contribution in [-0.4, -0.2) is 83.0 Å². The number of benzene rings is 1. The zero-order chi connectivity index (χ0) is 24.8. The molecule has 0 N–H and O–H groups in total. The number of hydrogen-bond acceptors (Lipinski definition) is 7. The molecule has 8 nitrogen and oxygen atoms in total. The topological polar surface area (TPSA) is 68.5 Å². The highest BCUT2D eigenvalue weighted by Gasteiger charge is 2.33. The molecule has 3 aliphatic heterocycles. The highest BCUT2D eigenvalue weighted by atomic mass is 19.1. The third-order valence-electron chi connectivity index (χ3n) is 7.51. The van der Waals surface area contributed by atoms with Gasteiger partial charge in [0.05, 0.1) is 17.8 Å². The minimum Gasteiger partial charge on any atom is -0.353 e. The quantitative estimate of drug-likeness (QED) is 0.531. The summed E-state index contributed by atoms with van der Waals surface area (Å²) in [5.41, 5.74) is 1.12. The van der Waals surface area contributed by atoms with Gasteiger partial charge in [-0.25, -0.2) is 23.4 Å². The van der Waals surface area contributed by atoms with Gasteiger partial charge in [0.1, 0.15) is 23.6 Å². The van der Waals surface area contributed by atoms with Crippen molar-refractivity contribution in [2.45, 2.75) is 57.1 Å². The van der Waals surface area contributed by atoms with Crippen LogP contribution in [0.4, 0.5) is 14.6 Å². The zero-order valence-electron chi connectivity index (χ0n) is 20.7. The third-order valence-corrected chi connectivity index (χ3v) is 7.51. The van der Waals surface area contributed by atoms with Crippen LogP contribution in [0, 0.1) is 12.7 Å². The van der Waals surface area contributed by atoms with Crippen LogP contribution in [0.1, 0.15) is 43.0 Å². The SMILES string of the molecule is Cc1nc(N2CC(OC3CCCCO3)C2)cc(-n2ncc3cc(F)c(C4CCN(C)CC4F)cc32)n1. The Balaban J connectivity index is 1.25. The van der Waals surface area contributed by atoms with E-state index in [2.05, 4.69) is 20.0 Å². The number of alkyl halides is 1. The second-order valence-electron chi connectivity index (χ2n) is 10.3. The lowest BCUT2D eigenvalue weighted by atomic mass is 9.87. The second-order valence-corrected chi connectivity index (χ2v) is 10.3. The minimum absolute atomic E-state index is 0.105. The Labute approximate surface area is 209 Å². The predicted molar refractivity (Wildman–Crippen MR) is 132 cm³/mol. The largest absolute Gasteiger partial charge is 0.353 e. The van der Waals surface area contributed by atoms with Crippen LogP contribution in [0.5, 0.6) is 0 Å². The van der Waals surface area contributed by atoms with E-state index in [1.807, 2.05) is 24.9 Å². The van der Waals surface area contributed by atoms with Crippen molar-refractivity contribution in [1.82, 2.24) is 24.6 Å². The molecule has 2 aromatic heterocycles. The molecule has 0 amide bonds. The van der Waals surface area contributed by atoms with Crippen molar-refractivity contribution in [3.05, 3.63) is 41.6 Å². The van der Waals surface area contributed by atoms with Gasteiger partial charge in [-0.05, 0) is 63.9 Å². The third kappa shape index (κ3) is 4.57. The van der Waals surface area contributed by atoms with Gasteiger partial charge >= 0.3 is 0 Å². The van der Waals surface area contributed by atoms with E-state index in [0.717, 1.165) is 51.3 Å². The standard InChI is InChI=1S/C26H32F2N6O2/c1-16-30-24(33-13-18(14-33)36-26-5-3-4-8-35-26)11-25(31-16)34-23-10-20(21(27)9-17(23)12-29-34)19-6-7-32(2)15-22(19)28/h9-12,18-19,22,26H,3-8,13-15H2,1-2H3. The molecular formula is C26H32F2N6O2. The fourth-order valence-electron chi connectivity index (χ4n) is 5.49. The number of aromatic nitrogens is 4. The van der Waals surface area contributed by atoms with Gasteiger partial charge in [-0.3, -0.25) is 0 Å². The number of rotatable bonds is 5. The van der Waals surface area contributed by atoms with E-state index in [1.54, 1.807) is 16.9 Å². The number of likely N-dealkylation sites (tertiary alicyclic amines) is 1. The maximum absolute atomic E-state index is 15.0. The Bertz CT molecular complexity index is 1240. The van der Waals surface area contributed by atoms with Crippen LogP contribution >= 0.6 is 0 Å². The maximum Gasteiger partial charge on any atom is 0.159 e. The summed E-state index contributed by atoms with van der Waals surface area (Å²) in [6.45, 7) is 5.13. The van der Waals surface area contributed by atoms with Crippen LogP contribution in [0.3, 0.4) is 0 Å². The van der Waals surface area contributed by atoms with Crippen LogP contribution < -0.4 is 4.90 Å². The molecule has 0 saturated carbocycles. The summed E-state index contributed by atoms with van der Waals surface area (Å²) in [6, 6.07) is 5.09. The van der Waals surface area contributed by atoms with E-state index in [1.165, 1.54) is 6.07 Å². The molecule has 0 radical (unpaired) electrons. The first kappa shape index (κ1) is 23.7. The van der Waals surface area contributed by atoms with E-state index in [9.17, 15) is 4.39 Å². The summed E-state index contributed by atoms with van der Waals surface area (Å²) in [6.07, 6.45) is 4.29. The van der Waals surface area contributed by atoms with Gasteiger partial charge < -0.3 is 19.3 Å². The van der Waals surface area contributed by atoms with Gasteiger partial charge in [0.25, 0.3) is 0 Å². The summed E-state index contributed by atoms with van der Waals surface area (Å²) in [4.78, 5) is 13.3. The zero-order valence-corrected chi connectivity index (χ0v) is 20.7. The van der Waals surface area contributed by atoms with E-state index in [4.69, 9.17) is 9.47 Å². The highest BCUT2D eigenvalue weighted by molar-refractivity contribution is 5.81. The molecule has 3 aliphatic rings. The van der Waals surface area contributed by atoms with E-state index in [0.29, 0.717) is 41.1 Å². The summed E-state index contributed by atoms with van der Waals surface area (Å²) in [7, 11) is 1.89. The molecule has 0 aliphatic carbocycles. The molecule has 3 fully saturated rings. The van der Waals surface area contributed by atoms with Crippen LogP contribution in [0.2, 0.25) is 0 Å². The second kappa shape index (κ2) is 9.64. The molecule has 10 heteroatoms. The fraction of sp³-hybridized carbons (Fsp3) is 0.577. The van der Waals surface area contributed by atoms with Crippen molar-refractivity contribution in [2.24, 2.45) is 0 Å². The predicted octanol–water partition coefficient (Wildman–Crippen LogP) is 3.75. The molecule has 1 aromatic carbocycles. The number of anilines is 1. The monoisotopic (exact) mass is 498 g/mol. The molecule has 3 unspecified atom stereocenters. The number of aryl methyl sites for hydroxylation is 1. The first-order valence-corrected chi connectivity index (χ1v) is 12.8. The van der Waals surface area contributed by atoms with Gasteiger partial charge in [0.2, 0.25) is 0 Å². The average Bonchev–Trinajstić information content (AvgIpc) is 3.24. The average molecular weight is 499 g/mol. The Hall–Kier alpha value is -2.69. The molecule has 5 heterocycles. The van der Waals surface area contributed by atoms with Crippen LogP contribution in [0.15, 0.2) is 24.4 Å². The summed E-state index contributed by atoms with van der Waals surface area (Å²) in [5.74, 6) is 1.17. The molecule has 36 heavy (non-hydrogen) atoms. The van der Waals surface area contributed by atoms with Crippen LogP contribution in [-0.2, 0) is 9.47 Å². The van der Waals surface area contributed by atoms with E-state index in [-0.39, 0.29) is 18.2 Å². The van der Waals surface area contributed by atoms with Gasteiger partial charge in [-0.15, -0.1) is 0 Å². The molecule has 3 atom stereocenters. The van der Waals surface area contributed by atoms with Gasteiger partial charge in [-0.1, -0.05) is 0 Å². The Morgan fingerprint density at radius 3 is 2.67 bits per heavy atom. The minimum atomic E-state index is -1.11. The highest BCUT2D eigenvalue weighted by Crippen LogP contribution is 2.34. The van der Waals surface area contributed by atoms with Gasteiger partial charge in [0, 0.05) is 43.6 Å². The van der Waals surface area contributed by atoms with E-state index >= 15 is 4.39 Å². The molecule has 3 aromatic rings. The normalized spacial score (nSPS) is 25.9. The molecule has 3 saturated heterocycles. The van der Waals surface area contributed by atoms with Crippen molar-refractivity contribution in [2.75, 3.05) is 44.7 Å². The van der Waals surface area contributed by atoms with Gasteiger partial charge in [-0.2, -0.15) is 5.10 Å². The van der Waals surface area contributed by atoms with Crippen molar-refractivity contribution in [1.29, 1.82) is 0 Å². The number of nitrogens with zero attached hydrogens (tertiary/aromatic N) is 6. The first-order chi connectivity index (χ1) is 17.4. The smallest absolute Gasteiger partial charge is 0.159 e. The van der Waals surface area contributed by atoms with Crippen molar-refractivity contribution in [3.8, 4) is 5.82 Å². The van der Waals surface area contributed by atoms with Crippen molar-refractivity contribution < 1.29 is 18.3 Å². The van der Waals surface area contributed by atoms with Crippen LogP contribution in [0.25, 0.3) is 16.7 Å². The van der Waals surface area contributed by atoms with Crippen molar-refractivity contribution in [3.63, 3.8) is 0 Å². The number of halogens is 2. The Morgan fingerprint density at radius 2 is 1.89 bits per heavy atom. The number of ether oxygens (including phenoxy) is 2. The summed E-state index contributed by atoms with van der Waals surface area (Å²) >= 11 is 0. The summed E-state index contributed by atoms with van der Waals surface area (Å²) in [5, 5.41) is 5.15. The fourth-order valence-corrected chi connectivity index (χ4v) is 5.49. The lowest BCUT2D eigenvalue weighted by Gasteiger charge is -2.41. The molecule has 0 spiro atoms.